The van der Waals surface area contributed by atoms with Gasteiger partial charge in [0.15, 0.2) is 0 Å². The second-order valence-electron chi connectivity index (χ2n) is 5.12. The van der Waals surface area contributed by atoms with Crippen molar-refractivity contribution in [1.82, 2.24) is 4.90 Å². The van der Waals surface area contributed by atoms with Crippen LogP contribution < -0.4 is 0 Å². The summed E-state index contributed by atoms with van der Waals surface area (Å²) in [6.07, 6.45) is 5.10. The van der Waals surface area contributed by atoms with Crippen molar-refractivity contribution in [3.05, 3.63) is 27.5 Å². The molecule has 1 N–H and O–H groups in total. The summed E-state index contributed by atoms with van der Waals surface area (Å²) < 4.78 is 0. The highest BCUT2D eigenvalue weighted by atomic mass is 32.1. The van der Waals surface area contributed by atoms with Gasteiger partial charge in [0.05, 0.1) is 4.88 Å². The molecule has 0 aliphatic heterocycles. The Hall–Kier alpha value is -1.62. The number of amides is 1. The molecule has 0 spiro atoms. The fourth-order valence-corrected chi connectivity index (χ4v) is 3.08. The lowest BCUT2D eigenvalue weighted by molar-refractivity contribution is -0.131. The van der Waals surface area contributed by atoms with Crippen LogP contribution in [0.2, 0.25) is 0 Å². The fourth-order valence-electron chi connectivity index (χ4n) is 2.04. The zero-order chi connectivity index (χ0) is 14.7. The van der Waals surface area contributed by atoms with E-state index in [1.807, 2.05) is 24.8 Å². The molecule has 1 aliphatic rings. The number of aliphatic carboxylic acids is 1. The summed E-state index contributed by atoms with van der Waals surface area (Å²) in [5.41, 5.74) is 0.943. The molecule has 0 saturated heterocycles. The second kappa shape index (κ2) is 6.22. The van der Waals surface area contributed by atoms with E-state index >= 15 is 0 Å². The Morgan fingerprint density at radius 1 is 1.50 bits per heavy atom. The van der Waals surface area contributed by atoms with Crippen molar-refractivity contribution in [3.8, 4) is 0 Å². The maximum absolute atomic E-state index is 12.4. The molecular weight excluding hydrogens is 274 g/mol. The first-order valence-corrected chi connectivity index (χ1v) is 7.63. The van der Waals surface area contributed by atoms with Crippen LogP contribution in [0.4, 0.5) is 0 Å². The number of carboxylic acids is 1. The van der Waals surface area contributed by atoms with E-state index in [0.717, 1.165) is 23.1 Å². The summed E-state index contributed by atoms with van der Waals surface area (Å²) in [4.78, 5) is 26.4. The van der Waals surface area contributed by atoms with Crippen molar-refractivity contribution in [1.29, 1.82) is 0 Å². The summed E-state index contributed by atoms with van der Waals surface area (Å²) in [5.74, 6) is -0.247. The molecule has 0 bridgehead atoms. The summed E-state index contributed by atoms with van der Waals surface area (Å²) in [7, 11) is 0. The van der Waals surface area contributed by atoms with Gasteiger partial charge in [0.25, 0.3) is 5.91 Å². The highest BCUT2D eigenvalue weighted by Gasteiger charge is 2.27. The van der Waals surface area contributed by atoms with Crippen molar-refractivity contribution in [2.24, 2.45) is 5.92 Å². The molecule has 0 atom stereocenters. The Balaban J connectivity index is 2.12. The first kappa shape index (κ1) is 14.8. The van der Waals surface area contributed by atoms with E-state index in [0.29, 0.717) is 17.3 Å². The summed E-state index contributed by atoms with van der Waals surface area (Å²) in [5, 5.41) is 8.66. The summed E-state index contributed by atoms with van der Waals surface area (Å²) in [6, 6.07) is 1.85. The van der Waals surface area contributed by atoms with Crippen molar-refractivity contribution < 1.29 is 14.7 Å². The third kappa shape index (κ3) is 3.70. The largest absolute Gasteiger partial charge is 0.478 e. The van der Waals surface area contributed by atoms with Crippen LogP contribution in [0.15, 0.2) is 12.1 Å². The van der Waals surface area contributed by atoms with E-state index in [9.17, 15) is 9.59 Å². The number of carbonyl (C=O) groups excluding carboxylic acids is 1. The van der Waals surface area contributed by atoms with E-state index in [1.165, 1.54) is 24.2 Å². The van der Waals surface area contributed by atoms with Gasteiger partial charge in [-0.1, -0.05) is 0 Å². The molecule has 0 unspecified atom stereocenters. The predicted molar refractivity (Wildman–Crippen MR) is 80.0 cm³/mol. The minimum atomic E-state index is -0.977. The predicted octanol–water partition coefficient (Wildman–Crippen LogP) is 3.03. The Bertz CT molecular complexity index is 543. The van der Waals surface area contributed by atoms with Gasteiger partial charge in [0.2, 0.25) is 0 Å². The lowest BCUT2D eigenvalue weighted by Gasteiger charge is -2.19. The van der Waals surface area contributed by atoms with Crippen LogP contribution in [0.1, 0.15) is 39.9 Å². The van der Waals surface area contributed by atoms with Crippen LogP contribution in [0, 0.1) is 12.8 Å². The Morgan fingerprint density at radius 2 is 2.20 bits per heavy atom. The lowest BCUT2D eigenvalue weighted by atomic mass is 10.2. The van der Waals surface area contributed by atoms with Gasteiger partial charge in [-0.25, -0.2) is 4.79 Å². The number of carbonyl (C=O) groups is 2. The van der Waals surface area contributed by atoms with Crippen molar-refractivity contribution in [2.75, 3.05) is 13.1 Å². The molecular formula is C15H19NO3S. The van der Waals surface area contributed by atoms with Crippen LogP contribution in [-0.4, -0.2) is 35.0 Å². The minimum Gasteiger partial charge on any atom is -0.478 e. The Morgan fingerprint density at radius 3 is 2.75 bits per heavy atom. The number of aryl methyl sites for hydroxylation is 1. The number of hydrogen-bond acceptors (Lipinski definition) is 3. The van der Waals surface area contributed by atoms with Crippen LogP contribution in [-0.2, 0) is 4.79 Å². The van der Waals surface area contributed by atoms with Crippen LogP contribution in [0.25, 0.3) is 6.08 Å². The van der Waals surface area contributed by atoms with E-state index < -0.39 is 5.97 Å². The Labute approximate surface area is 122 Å². The van der Waals surface area contributed by atoms with E-state index in [2.05, 4.69) is 0 Å². The quantitative estimate of drug-likeness (QED) is 0.820. The number of nitrogens with zero attached hydrogens (tertiary/aromatic N) is 1. The molecule has 108 valence electrons. The van der Waals surface area contributed by atoms with Crippen molar-refractivity contribution in [3.63, 3.8) is 0 Å². The van der Waals surface area contributed by atoms with Crippen LogP contribution in [0.5, 0.6) is 0 Å². The van der Waals surface area contributed by atoms with Gasteiger partial charge in [0, 0.05) is 24.0 Å². The monoisotopic (exact) mass is 293 g/mol. The zero-order valence-corrected chi connectivity index (χ0v) is 12.6. The van der Waals surface area contributed by atoms with Crippen molar-refractivity contribution in [2.45, 2.75) is 26.7 Å². The molecule has 1 aromatic rings. The molecule has 1 heterocycles. The zero-order valence-electron chi connectivity index (χ0n) is 11.8. The van der Waals surface area contributed by atoms with Gasteiger partial charge in [-0.2, -0.15) is 0 Å². The minimum absolute atomic E-state index is 0.0578. The molecule has 2 rings (SSSR count). The first-order chi connectivity index (χ1) is 9.51. The van der Waals surface area contributed by atoms with E-state index in [4.69, 9.17) is 5.11 Å². The molecule has 1 fully saturated rings. The smallest absolute Gasteiger partial charge is 0.328 e. The Kier molecular flexibility index (Phi) is 4.60. The molecule has 20 heavy (non-hydrogen) atoms. The third-order valence-corrected chi connectivity index (χ3v) is 4.58. The van der Waals surface area contributed by atoms with Crippen molar-refractivity contribution >= 4 is 29.3 Å². The van der Waals surface area contributed by atoms with Crippen LogP contribution >= 0.6 is 11.3 Å². The highest BCUT2D eigenvalue weighted by molar-refractivity contribution is 7.15. The number of thiophene rings is 1. The van der Waals surface area contributed by atoms with E-state index in [1.54, 1.807) is 6.08 Å². The van der Waals surface area contributed by atoms with Gasteiger partial charge >= 0.3 is 5.97 Å². The number of rotatable bonds is 6. The van der Waals surface area contributed by atoms with Crippen LogP contribution in [0.3, 0.4) is 0 Å². The maximum atomic E-state index is 12.4. The van der Waals surface area contributed by atoms with Gasteiger partial charge in [-0.3, -0.25) is 4.79 Å². The summed E-state index contributed by atoms with van der Waals surface area (Å²) in [6.45, 7) is 5.44. The molecule has 1 aliphatic carbocycles. The van der Waals surface area contributed by atoms with Gasteiger partial charge in [-0.05, 0) is 50.3 Å². The topological polar surface area (TPSA) is 57.6 Å². The number of hydrogen-bond donors (Lipinski definition) is 1. The maximum Gasteiger partial charge on any atom is 0.328 e. The van der Waals surface area contributed by atoms with Gasteiger partial charge in [0.1, 0.15) is 0 Å². The average molecular weight is 293 g/mol. The average Bonchev–Trinajstić information content (AvgIpc) is 3.15. The third-order valence-electron chi connectivity index (χ3n) is 3.39. The first-order valence-electron chi connectivity index (χ1n) is 6.82. The standard InChI is InChI=1S/C15H19NO3S/c1-3-16(9-11-4-5-11)15(19)13-8-10(2)12(20-13)6-7-14(17)18/h6-8,11H,3-5,9H2,1-2H3,(H,17,18)/b7-6+. The SMILES string of the molecule is CCN(CC1CC1)C(=O)c1cc(C)c(/C=C/C(=O)O)s1. The fraction of sp³-hybridized carbons (Fsp3) is 0.467. The number of carboxylic acid groups (broad SMARTS) is 1. The summed E-state index contributed by atoms with van der Waals surface area (Å²) >= 11 is 1.36. The molecule has 1 aromatic heterocycles. The molecule has 1 saturated carbocycles. The molecule has 5 heteroatoms. The van der Waals surface area contributed by atoms with E-state index in [-0.39, 0.29) is 5.91 Å². The second-order valence-corrected chi connectivity index (χ2v) is 6.20. The normalized spacial score (nSPS) is 14.7. The van der Waals surface area contributed by atoms with Gasteiger partial charge < -0.3 is 10.0 Å². The lowest BCUT2D eigenvalue weighted by Crippen LogP contribution is -2.32. The molecule has 0 aromatic carbocycles. The molecule has 4 nitrogen and oxygen atoms in total. The molecule has 1 amide bonds. The van der Waals surface area contributed by atoms with Gasteiger partial charge in [-0.15, -0.1) is 11.3 Å². The highest BCUT2D eigenvalue weighted by Crippen LogP contribution is 2.31. The molecule has 0 radical (unpaired) electrons.